The van der Waals surface area contributed by atoms with E-state index in [9.17, 15) is 4.79 Å². The van der Waals surface area contributed by atoms with Crippen LogP contribution in [0, 0.1) is 18.3 Å². The highest BCUT2D eigenvalue weighted by Gasteiger charge is 2.11. The number of rotatable bonds is 3. The van der Waals surface area contributed by atoms with Gasteiger partial charge >= 0.3 is 0 Å². The Bertz CT molecular complexity index is 687. The number of nitriles is 1. The molecule has 0 atom stereocenters. The lowest BCUT2D eigenvalue weighted by atomic mass is 10.1. The van der Waals surface area contributed by atoms with E-state index >= 15 is 0 Å². The van der Waals surface area contributed by atoms with E-state index < -0.39 is 0 Å². The Hall–Kier alpha value is -2.80. The van der Waals surface area contributed by atoms with Gasteiger partial charge in [0, 0.05) is 6.92 Å². The summed E-state index contributed by atoms with van der Waals surface area (Å²) in [5.41, 5.74) is 1.90. The molecule has 0 fully saturated rings. The van der Waals surface area contributed by atoms with E-state index in [0.29, 0.717) is 22.7 Å². The van der Waals surface area contributed by atoms with Gasteiger partial charge in [-0.1, -0.05) is 24.3 Å². The number of nitrogens with zero attached hydrogens (tertiary/aromatic N) is 1. The van der Waals surface area contributed by atoms with E-state index in [4.69, 9.17) is 10.00 Å². The molecule has 0 aromatic heterocycles. The van der Waals surface area contributed by atoms with Crippen LogP contribution in [0.15, 0.2) is 42.5 Å². The summed E-state index contributed by atoms with van der Waals surface area (Å²) in [5.74, 6) is 0.840. The van der Waals surface area contributed by atoms with Gasteiger partial charge in [-0.2, -0.15) is 5.26 Å². The van der Waals surface area contributed by atoms with E-state index in [1.807, 2.05) is 19.1 Å². The number of carbonyl (C=O) groups excluding carboxylic acids is 1. The van der Waals surface area contributed by atoms with Crippen molar-refractivity contribution in [1.82, 2.24) is 0 Å². The molecule has 4 nitrogen and oxygen atoms in total. The van der Waals surface area contributed by atoms with Crippen LogP contribution in [0.3, 0.4) is 0 Å². The van der Waals surface area contributed by atoms with Gasteiger partial charge in [-0.25, -0.2) is 0 Å². The Morgan fingerprint density at radius 2 is 1.95 bits per heavy atom. The Morgan fingerprint density at radius 3 is 2.65 bits per heavy atom. The van der Waals surface area contributed by atoms with E-state index in [1.165, 1.54) is 6.92 Å². The lowest BCUT2D eigenvalue weighted by Crippen LogP contribution is -2.07. The molecule has 0 aliphatic carbocycles. The molecule has 0 aliphatic rings. The minimum Gasteiger partial charge on any atom is -0.454 e. The highest BCUT2D eigenvalue weighted by Crippen LogP contribution is 2.33. The first-order valence-corrected chi connectivity index (χ1v) is 6.16. The number of nitrogens with one attached hydrogen (secondary N) is 1. The molecule has 2 aromatic carbocycles. The van der Waals surface area contributed by atoms with Crippen molar-refractivity contribution in [2.45, 2.75) is 13.8 Å². The minimum atomic E-state index is -0.175. The topological polar surface area (TPSA) is 62.1 Å². The molecule has 0 saturated carbocycles. The maximum Gasteiger partial charge on any atom is 0.221 e. The molecule has 0 bridgehead atoms. The van der Waals surface area contributed by atoms with Gasteiger partial charge in [-0.15, -0.1) is 0 Å². The van der Waals surface area contributed by atoms with Crippen molar-refractivity contribution in [3.8, 4) is 17.6 Å². The SMILES string of the molecule is CC(=O)Nc1ccccc1Oc1c(C)cccc1C#N. The Morgan fingerprint density at radius 1 is 1.20 bits per heavy atom. The number of aryl methyl sites for hydroxylation is 1. The van der Waals surface area contributed by atoms with Crippen molar-refractivity contribution >= 4 is 11.6 Å². The highest BCUT2D eigenvalue weighted by atomic mass is 16.5. The van der Waals surface area contributed by atoms with Gasteiger partial charge in [-0.05, 0) is 30.7 Å². The molecule has 0 aliphatic heterocycles. The molecule has 100 valence electrons. The molecule has 1 N–H and O–H groups in total. The zero-order chi connectivity index (χ0) is 14.5. The molecule has 0 heterocycles. The van der Waals surface area contributed by atoms with E-state index in [0.717, 1.165) is 5.56 Å². The van der Waals surface area contributed by atoms with Crippen LogP contribution in [-0.4, -0.2) is 5.91 Å². The van der Waals surface area contributed by atoms with Crippen LogP contribution in [0.4, 0.5) is 5.69 Å². The largest absolute Gasteiger partial charge is 0.454 e. The number of anilines is 1. The fourth-order valence-electron chi connectivity index (χ4n) is 1.83. The summed E-state index contributed by atoms with van der Waals surface area (Å²) in [6, 6.07) is 14.6. The normalized spacial score (nSPS) is 9.65. The lowest BCUT2D eigenvalue weighted by Gasteiger charge is -2.13. The van der Waals surface area contributed by atoms with Crippen LogP contribution < -0.4 is 10.1 Å². The Labute approximate surface area is 117 Å². The summed E-state index contributed by atoms with van der Waals surface area (Å²) in [7, 11) is 0. The second kappa shape index (κ2) is 5.89. The van der Waals surface area contributed by atoms with Gasteiger partial charge in [0.2, 0.25) is 5.91 Å². The molecule has 0 radical (unpaired) electrons. The Kier molecular flexibility index (Phi) is 4.02. The van der Waals surface area contributed by atoms with E-state index in [-0.39, 0.29) is 5.91 Å². The molecule has 2 rings (SSSR count). The van der Waals surface area contributed by atoms with Crippen LogP contribution in [0.25, 0.3) is 0 Å². The first-order valence-electron chi connectivity index (χ1n) is 6.16. The first-order chi connectivity index (χ1) is 9.61. The van der Waals surface area contributed by atoms with E-state index in [1.54, 1.807) is 30.3 Å². The van der Waals surface area contributed by atoms with Crippen molar-refractivity contribution in [3.05, 3.63) is 53.6 Å². The first kappa shape index (κ1) is 13.6. The van der Waals surface area contributed by atoms with Crippen LogP contribution >= 0.6 is 0 Å². The average molecular weight is 266 g/mol. The van der Waals surface area contributed by atoms with Gasteiger partial charge < -0.3 is 10.1 Å². The fraction of sp³-hybridized carbons (Fsp3) is 0.125. The van der Waals surface area contributed by atoms with Crippen molar-refractivity contribution in [3.63, 3.8) is 0 Å². The number of ether oxygens (including phenoxy) is 1. The zero-order valence-electron chi connectivity index (χ0n) is 11.3. The molecule has 0 saturated heterocycles. The third-order valence-corrected chi connectivity index (χ3v) is 2.74. The average Bonchev–Trinajstić information content (AvgIpc) is 2.42. The molecule has 1 amide bonds. The quantitative estimate of drug-likeness (QED) is 0.922. The molecular formula is C16H14N2O2. The monoisotopic (exact) mass is 266 g/mol. The number of para-hydroxylation sites is 3. The molecule has 0 spiro atoms. The van der Waals surface area contributed by atoms with Gasteiger partial charge in [0.15, 0.2) is 5.75 Å². The third kappa shape index (κ3) is 2.96. The predicted molar refractivity (Wildman–Crippen MR) is 76.7 cm³/mol. The molecule has 20 heavy (non-hydrogen) atoms. The van der Waals surface area contributed by atoms with Crippen LogP contribution in [0.5, 0.6) is 11.5 Å². The smallest absolute Gasteiger partial charge is 0.221 e. The predicted octanol–water partition coefficient (Wildman–Crippen LogP) is 3.62. The molecule has 0 unspecified atom stereocenters. The van der Waals surface area contributed by atoms with Gasteiger partial charge in [0.05, 0.1) is 11.3 Å². The van der Waals surface area contributed by atoms with Crippen molar-refractivity contribution in [2.24, 2.45) is 0 Å². The summed E-state index contributed by atoms with van der Waals surface area (Å²) < 4.78 is 5.83. The Balaban J connectivity index is 2.41. The van der Waals surface area contributed by atoms with Gasteiger partial charge in [-0.3, -0.25) is 4.79 Å². The maximum atomic E-state index is 11.2. The third-order valence-electron chi connectivity index (χ3n) is 2.74. The highest BCUT2D eigenvalue weighted by molar-refractivity contribution is 5.90. The summed E-state index contributed by atoms with van der Waals surface area (Å²) >= 11 is 0. The minimum absolute atomic E-state index is 0.175. The number of hydrogen-bond donors (Lipinski definition) is 1. The lowest BCUT2D eigenvalue weighted by molar-refractivity contribution is -0.114. The number of benzene rings is 2. The second-order valence-electron chi connectivity index (χ2n) is 4.34. The maximum absolute atomic E-state index is 11.2. The van der Waals surface area contributed by atoms with Crippen LogP contribution in [0.1, 0.15) is 18.1 Å². The number of hydrogen-bond acceptors (Lipinski definition) is 3. The van der Waals surface area contributed by atoms with Gasteiger partial charge in [0.25, 0.3) is 0 Å². The van der Waals surface area contributed by atoms with Crippen LogP contribution in [-0.2, 0) is 4.79 Å². The summed E-state index contributed by atoms with van der Waals surface area (Å²) in [4.78, 5) is 11.2. The number of amides is 1. The zero-order valence-corrected chi connectivity index (χ0v) is 11.3. The standard InChI is InChI=1S/C16H14N2O2/c1-11-6-5-7-13(10-17)16(11)20-15-9-4-3-8-14(15)18-12(2)19/h3-9H,1-2H3,(H,18,19). The van der Waals surface area contributed by atoms with Gasteiger partial charge in [0.1, 0.15) is 11.8 Å². The summed E-state index contributed by atoms with van der Waals surface area (Å²) in [6.07, 6.45) is 0. The molecule has 4 heteroatoms. The van der Waals surface area contributed by atoms with Crippen molar-refractivity contribution in [1.29, 1.82) is 5.26 Å². The van der Waals surface area contributed by atoms with Crippen LogP contribution in [0.2, 0.25) is 0 Å². The number of carbonyl (C=O) groups is 1. The van der Waals surface area contributed by atoms with Crippen molar-refractivity contribution < 1.29 is 9.53 Å². The molecule has 2 aromatic rings. The van der Waals surface area contributed by atoms with E-state index in [2.05, 4.69) is 11.4 Å². The van der Waals surface area contributed by atoms with Crippen molar-refractivity contribution in [2.75, 3.05) is 5.32 Å². The summed E-state index contributed by atoms with van der Waals surface area (Å²) in [5, 5.41) is 11.8. The second-order valence-corrected chi connectivity index (χ2v) is 4.34. The molecular weight excluding hydrogens is 252 g/mol. The fourth-order valence-corrected chi connectivity index (χ4v) is 1.83. The summed E-state index contributed by atoms with van der Waals surface area (Å²) in [6.45, 7) is 3.31.